The SMILES string of the molecule is CCn1cc(C(=O)/C=C/c2cccn2-c2ccc([N+](=O)[O-])cc2)c(C)n1. The molecule has 0 aliphatic carbocycles. The van der Waals surface area contributed by atoms with Crippen molar-refractivity contribution in [2.24, 2.45) is 0 Å². The Kier molecular flexibility index (Phi) is 4.79. The lowest BCUT2D eigenvalue weighted by molar-refractivity contribution is -0.384. The molecule has 0 N–H and O–H groups in total. The van der Waals surface area contributed by atoms with Gasteiger partial charge in [0.2, 0.25) is 0 Å². The van der Waals surface area contributed by atoms with Crippen LogP contribution in [-0.2, 0) is 6.54 Å². The van der Waals surface area contributed by atoms with Gasteiger partial charge in [-0.15, -0.1) is 0 Å². The van der Waals surface area contributed by atoms with Gasteiger partial charge in [0, 0.05) is 42.5 Å². The molecular formula is C19H18N4O3. The lowest BCUT2D eigenvalue weighted by Gasteiger charge is -2.06. The third kappa shape index (κ3) is 3.46. The molecule has 0 aliphatic rings. The zero-order valence-electron chi connectivity index (χ0n) is 14.5. The topological polar surface area (TPSA) is 83.0 Å². The maximum Gasteiger partial charge on any atom is 0.269 e. The average molecular weight is 350 g/mol. The Labute approximate surface area is 150 Å². The Hall–Kier alpha value is -3.48. The smallest absolute Gasteiger partial charge is 0.269 e. The molecule has 0 saturated carbocycles. The van der Waals surface area contributed by atoms with Gasteiger partial charge in [0.15, 0.2) is 5.78 Å². The van der Waals surface area contributed by atoms with Gasteiger partial charge in [-0.3, -0.25) is 19.6 Å². The Bertz CT molecular complexity index is 981. The molecule has 0 fully saturated rings. The van der Waals surface area contributed by atoms with E-state index in [4.69, 9.17) is 0 Å². The number of hydrogen-bond acceptors (Lipinski definition) is 4. The standard InChI is InChI=1S/C19H18N4O3/c1-3-21-13-18(14(2)20-21)19(24)11-10-15-5-4-12-22(15)16-6-8-17(9-7-16)23(25)26/h4-13H,3H2,1-2H3/b11-10+. The van der Waals surface area contributed by atoms with E-state index in [1.165, 1.54) is 18.2 Å². The van der Waals surface area contributed by atoms with Gasteiger partial charge in [0.1, 0.15) is 0 Å². The van der Waals surface area contributed by atoms with E-state index in [-0.39, 0.29) is 11.5 Å². The zero-order chi connectivity index (χ0) is 18.7. The summed E-state index contributed by atoms with van der Waals surface area (Å²) in [5.41, 5.74) is 2.90. The molecule has 7 heteroatoms. The maximum atomic E-state index is 12.4. The second kappa shape index (κ2) is 7.18. The lowest BCUT2D eigenvalue weighted by Crippen LogP contribution is -1.98. The highest BCUT2D eigenvalue weighted by molar-refractivity contribution is 6.07. The largest absolute Gasteiger partial charge is 0.317 e. The van der Waals surface area contributed by atoms with Gasteiger partial charge >= 0.3 is 0 Å². The number of aromatic nitrogens is 3. The third-order valence-electron chi connectivity index (χ3n) is 4.06. The van der Waals surface area contributed by atoms with Crippen LogP contribution < -0.4 is 0 Å². The van der Waals surface area contributed by atoms with Gasteiger partial charge in [-0.1, -0.05) is 0 Å². The summed E-state index contributed by atoms with van der Waals surface area (Å²) in [7, 11) is 0. The lowest BCUT2D eigenvalue weighted by atomic mass is 10.1. The fourth-order valence-electron chi connectivity index (χ4n) is 2.67. The van der Waals surface area contributed by atoms with E-state index in [9.17, 15) is 14.9 Å². The Morgan fingerprint density at radius 3 is 2.62 bits per heavy atom. The number of hydrogen-bond donors (Lipinski definition) is 0. The van der Waals surface area contributed by atoms with Crippen LogP contribution in [0.15, 0.2) is 54.9 Å². The van der Waals surface area contributed by atoms with Crippen LogP contribution >= 0.6 is 0 Å². The molecule has 2 aromatic heterocycles. The van der Waals surface area contributed by atoms with Crippen LogP contribution in [0.5, 0.6) is 0 Å². The number of allylic oxidation sites excluding steroid dienone is 1. The molecule has 26 heavy (non-hydrogen) atoms. The molecule has 0 saturated heterocycles. The van der Waals surface area contributed by atoms with Crippen molar-refractivity contribution in [3.63, 3.8) is 0 Å². The van der Waals surface area contributed by atoms with Crippen molar-refractivity contribution < 1.29 is 9.72 Å². The van der Waals surface area contributed by atoms with E-state index < -0.39 is 4.92 Å². The highest BCUT2D eigenvalue weighted by Crippen LogP contribution is 2.18. The summed E-state index contributed by atoms with van der Waals surface area (Å²) in [5.74, 6) is -0.112. The molecule has 3 aromatic rings. The average Bonchev–Trinajstić information content (AvgIpc) is 3.26. The van der Waals surface area contributed by atoms with Crippen LogP contribution in [0.1, 0.15) is 28.7 Å². The van der Waals surface area contributed by atoms with E-state index in [2.05, 4.69) is 5.10 Å². The third-order valence-corrected chi connectivity index (χ3v) is 4.06. The number of carbonyl (C=O) groups excluding carboxylic acids is 1. The van der Waals surface area contributed by atoms with Gasteiger partial charge in [0.25, 0.3) is 5.69 Å². The van der Waals surface area contributed by atoms with Crippen molar-refractivity contribution in [2.45, 2.75) is 20.4 Å². The summed E-state index contributed by atoms with van der Waals surface area (Å²) in [5, 5.41) is 15.1. The molecule has 3 rings (SSSR count). The van der Waals surface area contributed by atoms with Gasteiger partial charge in [-0.2, -0.15) is 5.10 Å². The Morgan fingerprint density at radius 1 is 1.27 bits per heavy atom. The predicted octanol–water partition coefficient (Wildman–Crippen LogP) is 3.81. The zero-order valence-corrected chi connectivity index (χ0v) is 14.5. The first-order valence-corrected chi connectivity index (χ1v) is 8.18. The van der Waals surface area contributed by atoms with E-state index in [0.29, 0.717) is 17.8 Å². The van der Waals surface area contributed by atoms with Crippen LogP contribution in [0.2, 0.25) is 0 Å². The minimum absolute atomic E-state index is 0.0385. The fraction of sp³-hybridized carbons (Fsp3) is 0.158. The Morgan fingerprint density at radius 2 is 2.00 bits per heavy atom. The number of rotatable bonds is 6. The summed E-state index contributed by atoms with van der Waals surface area (Å²) in [6, 6.07) is 9.98. The maximum absolute atomic E-state index is 12.4. The van der Waals surface area contributed by atoms with Crippen LogP contribution in [0.3, 0.4) is 0 Å². The van der Waals surface area contributed by atoms with E-state index in [1.807, 2.05) is 36.7 Å². The molecule has 2 heterocycles. The summed E-state index contributed by atoms with van der Waals surface area (Å²) in [4.78, 5) is 22.8. The number of non-ortho nitro benzene ring substituents is 1. The molecule has 0 atom stereocenters. The molecule has 0 unspecified atom stereocenters. The predicted molar refractivity (Wildman–Crippen MR) is 98.4 cm³/mol. The minimum Gasteiger partial charge on any atom is -0.317 e. The molecule has 132 valence electrons. The summed E-state index contributed by atoms with van der Waals surface area (Å²) in [6.07, 6.45) is 6.83. The number of benzene rings is 1. The van der Waals surface area contributed by atoms with Crippen LogP contribution in [0.4, 0.5) is 5.69 Å². The second-order valence-electron chi connectivity index (χ2n) is 5.76. The molecule has 7 nitrogen and oxygen atoms in total. The summed E-state index contributed by atoms with van der Waals surface area (Å²) >= 11 is 0. The first-order valence-electron chi connectivity index (χ1n) is 8.18. The highest BCUT2D eigenvalue weighted by Gasteiger charge is 2.11. The molecule has 0 amide bonds. The van der Waals surface area contributed by atoms with E-state index in [0.717, 1.165) is 11.4 Å². The second-order valence-corrected chi connectivity index (χ2v) is 5.76. The van der Waals surface area contributed by atoms with Crippen molar-refractivity contribution in [3.8, 4) is 5.69 Å². The summed E-state index contributed by atoms with van der Waals surface area (Å²) in [6.45, 7) is 4.49. The van der Waals surface area contributed by atoms with Gasteiger partial charge in [-0.25, -0.2) is 0 Å². The quantitative estimate of drug-likeness (QED) is 0.293. The first-order chi connectivity index (χ1) is 12.5. The van der Waals surface area contributed by atoms with Crippen LogP contribution in [0, 0.1) is 17.0 Å². The van der Waals surface area contributed by atoms with Crippen molar-refractivity contribution in [1.29, 1.82) is 0 Å². The number of nitrogens with zero attached hydrogens (tertiary/aromatic N) is 4. The van der Waals surface area contributed by atoms with Crippen molar-refractivity contribution >= 4 is 17.5 Å². The van der Waals surface area contributed by atoms with Gasteiger partial charge in [-0.05, 0) is 50.3 Å². The summed E-state index contributed by atoms with van der Waals surface area (Å²) < 4.78 is 3.59. The number of ketones is 1. The molecule has 0 radical (unpaired) electrons. The van der Waals surface area contributed by atoms with Crippen molar-refractivity contribution in [2.75, 3.05) is 0 Å². The van der Waals surface area contributed by atoms with Gasteiger partial charge in [0.05, 0.1) is 16.2 Å². The van der Waals surface area contributed by atoms with Gasteiger partial charge < -0.3 is 4.57 Å². The monoisotopic (exact) mass is 350 g/mol. The molecule has 0 bridgehead atoms. The molecule has 1 aromatic carbocycles. The normalized spacial score (nSPS) is 11.2. The molecule has 0 aliphatic heterocycles. The first kappa shape index (κ1) is 17.3. The number of aryl methyl sites for hydroxylation is 2. The van der Waals surface area contributed by atoms with Crippen LogP contribution in [-0.4, -0.2) is 25.1 Å². The number of nitro groups is 1. The van der Waals surface area contributed by atoms with E-state index in [1.54, 1.807) is 29.1 Å². The Balaban J connectivity index is 1.84. The van der Waals surface area contributed by atoms with Crippen molar-refractivity contribution in [1.82, 2.24) is 14.3 Å². The minimum atomic E-state index is -0.433. The molecule has 0 spiro atoms. The number of nitro benzene ring substituents is 1. The number of carbonyl (C=O) groups is 1. The van der Waals surface area contributed by atoms with Crippen LogP contribution in [0.25, 0.3) is 11.8 Å². The highest BCUT2D eigenvalue weighted by atomic mass is 16.6. The molecular weight excluding hydrogens is 332 g/mol. The van der Waals surface area contributed by atoms with Crippen molar-refractivity contribution in [3.05, 3.63) is 81.9 Å². The van der Waals surface area contributed by atoms with E-state index >= 15 is 0 Å². The fourth-order valence-corrected chi connectivity index (χ4v) is 2.67.